The molecule has 0 heterocycles. The Morgan fingerprint density at radius 3 is 1.93 bits per heavy atom. The van der Waals surface area contributed by atoms with Gasteiger partial charge in [0.05, 0.1) is 16.8 Å². The summed E-state index contributed by atoms with van der Waals surface area (Å²) in [5.41, 5.74) is -2.90. The number of amides is 2. The zero-order valence-corrected chi connectivity index (χ0v) is 15.6. The number of alkyl halides is 6. The first-order valence-electron chi connectivity index (χ1n) is 7.68. The summed E-state index contributed by atoms with van der Waals surface area (Å²) < 4.78 is 77.8. The topological polar surface area (TPSA) is 32.3 Å². The van der Waals surface area contributed by atoms with Crippen LogP contribution in [0.15, 0.2) is 42.5 Å². The van der Waals surface area contributed by atoms with Crippen molar-refractivity contribution in [2.24, 2.45) is 0 Å². The second kappa shape index (κ2) is 8.52. The third kappa shape index (κ3) is 5.96. The first kappa shape index (κ1) is 22.2. The molecule has 0 unspecified atom stereocenters. The third-order valence-corrected chi connectivity index (χ3v) is 4.28. The monoisotopic (exact) mass is 442 g/mol. The van der Waals surface area contributed by atoms with E-state index in [1.54, 1.807) is 24.3 Å². The van der Waals surface area contributed by atoms with Crippen molar-refractivity contribution in [1.29, 1.82) is 0 Å². The Hall–Kier alpha value is -2.07. The van der Waals surface area contributed by atoms with Gasteiger partial charge >= 0.3 is 18.4 Å². The van der Waals surface area contributed by atoms with Crippen molar-refractivity contribution in [1.82, 2.24) is 5.32 Å². The fraction of sp³-hybridized carbons (Fsp3) is 0.235. The number of halogens is 7. The van der Waals surface area contributed by atoms with Crippen LogP contribution in [0.2, 0.25) is 5.02 Å². The van der Waals surface area contributed by atoms with Gasteiger partial charge < -0.3 is 5.32 Å². The Labute approximate surface area is 166 Å². The molecule has 0 fully saturated rings. The highest BCUT2D eigenvalue weighted by Crippen LogP contribution is 2.38. The molecule has 0 atom stereocenters. The van der Waals surface area contributed by atoms with Crippen LogP contribution in [0.4, 0.5) is 36.8 Å². The maximum atomic E-state index is 12.9. The van der Waals surface area contributed by atoms with Crippen LogP contribution in [0.3, 0.4) is 0 Å². The number of urea groups is 1. The quantitative estimate of drug-likeness (QED) is 0.443. The molecule has 2 amide bonds. The summed E-state index contributed by atoms with van der Waals surface area (Å²) in [6, 6.07) is 6.57. The number of nitrogens with one attached hydrogen (secondary N) is 1. The Bertz CT molecular complexity index is 807. The van der Waals surface area contributed by atoms with Crippen molar-refractivity contribution >= 4 is 36.1 Å². The smallest absolute Gasteiger partial charge is 0.337 e. The number of nitrogens with zero attached hydrogens (tertiary/aromatic N) is 1. The van der Waals surface area contributed by atoms with Gasteiger partial charge in [-0.05, 0) is 42.3 Å². The Morgan fingerprint density at radius 1 is 0.964 bits per heavy atom. The highest BCUT2D eigenvalue weighted by molar-refractivity contribution is 7.82. The maximum Gasteiger partial charge on any atom is 0.416 e. The van der Waals surface area contributed by atoms with Crippen LogP contribution in [0, 0.1) is 0 Å². The van der Waals surface area contributed by atoms with Crippen molar-refractivity contribution in [2.45, 2.75) is 18.8 Å². The zero-order valence-electron chi connectivity index (χ0n) is 13.9. The van der Waals surface area contributed by atoms with Gasteiger partial charge in [0.2, 0.25) is 0 Å². The van der Waals surface area contributed by atoms with E-state index in [0.29, 0.717) is 27.9 Å². The summed E-state index contributed by atoms with van der Waals surface area (Å²) in [6.45, 7) is 0.0859. The van der Waals surface area contributed by atoms with E-state index in [4.69, 9.17) is 11.6 Å². The normalized spacial score (nSPS) is 12.0. The van der Waals surface area contributed by atoms with Gasteiger partial charge in [0, 0.05) is 11.6 Å². The van der Waals surface area contributed by atoms with E-state index < -0.39 is 35.2 Å². The molecule has 2 rings (SSSR count). The van der Waals surface area contributed by atoms with Crippen LogP contribution in [0.25, 0.3) is 0 Å². The Kier molecular flexibility index (Phi) is 6.76. The van der Waals surface area contributed by atoms with Gasteiger partial charge in [-0.2, -0.15) is 26.3 Å². The highest BCUT2D eigenvalue weighted by atomic mass is 35.5. The number of carbonyl (C=O) groups excluding carboxylic acids is 1. The maximum absolute atomic E-state index is 12.9. The molecule has 11 heteroatoms. The predicted molar refractivity (Wildman–Crippen MR) is 96.5 cm³/mol. The molecule has 0 aliphatic rings. The van der Waals surface area contributed by atoms with Crippen molar-refractivity contribution in [3.8, 4) is 0 Å². The summed E-state index contributed by atoms with van der Waals surface area (Å²) in [4.78, 5) is 12.1. The number of hydrogen-bond donors (Lipinski definition) is 2. The van der Waals surface area contributed by atoms with Crippen LogP contribution in [-0.4, -0.2) is 12.6 Å². The molecule has 152 valence electrons. The van der Waals surface area contributed by atoms with E-state index >= 15 is 0 Å². The molecule has 0 saturated carbocycles. The number of rotatable bonds is 4. The minimum atomic E-state index is -5.02. The van der Waals surface area contributed by atoms with E-state index in [2.05, 4.69) is 18.1 Å². The lowest BCUT2D eigenvalue weighted by molar-refractivity contribution is -0.143. The molecule has 0 saturated heterocycles. The highest BCUT2D eigenvalue weighted by Gasteiger charge is 2.37. The zero-order chi connectivity index (χ0) is 21.1. The fourth-order valence-electron chi connectivity index (χ4n) is 2.22. The first-order valence-corrected chi connectivity index (χ1v) is 8.46. The van der Waals surface area contributed by atoms with Crippen molar-refractivity contribution in [2.75, 3.05) is 10.8 Å². The average molecular weight is 443 g/mol. The average Bonchev–Trinajstić information content (AvgIpc) is 2.60. The third-order valence-electron chi connectivity index (χ3n) is 3.61. The van der Waals surface area contributed by atoms with Crippen LogP contribution >= 0.6 is 24.4 Å². The largest absolute Gasteiger partial charge is 0.416 e. The molecule has 0 spiro atoms. The van der Waals surface area contributed by atoms with E-state index in [1.165, 1.54) is 0 Å². The van der Waals surface area contributed by atoms with E-state index in [-0.39, 0.29) is 12.6 Å². The molecule has 0 aromatic heterocycles. The Morgan fingerprint density at radius 2 is 1.46 bits per heavy atom. The lowest BCUT2D eigenvalue weighted by Gasteiger charge is -2.20. The second-order valence-electron chi connectivity index (χ2n) is 5.68. The lowest BCUT2D eigenvalue weighted by Crippen LogP contribution is -2.35. The van der Waals surface area contributed by atoms with Gasteiger partial charge in [0.1, 0.15) is 0 Å². The van der Waals surface area contributed by atoms with Crippen molar-refractivity contribution < 1.29 is 31.1 Å². The number of anilines is 1. The molecule has 1 N–H and O–H groups in total. The number of thiol groups is 1. The molecule has 28 heavy (non-hydrogen) atoms. The fourth-order valence-corrected chi connectivity index (χ4v) is 2.53. The standard InChI is InChI=1S/C17H13ClF6N2OS/c18-13-3-1-10(2-4-13)5-6-25-15(27)26(28)14-8-11(16(19,20)21)7-12(9-14)17(22,23)24/h1-4,7-9,28H,5-6H2,(H,25,27). The second-order valence-corrected chi connectivity index (χ2v) is 6.52. The first-order chi connectivity index (χ1) is 12.9. The van der Waals surface area contributed by atoms with Crippen molar-refractivity contribution in [3.63, 3.8) is 0 Å². The lowest BCUT2D eigenvalue weighted by atomic mass is 10.1. The van der Waals surface area contributed by atoms with Gasteiger partial charge in [0.25, 0.3) is 0 Å². The minimum Gasteiger partial charge on any atom is -0.337 e. The van der Waals surface area contributed by atoms with Crippen LogP contribution in [0.5, 0.6) is 0 Å². The summed E-state index contributed by atoms with van der Waals surface area (Å²) in [6.07, 6.45) is -9.66. The Balaban J connectivity index is 2.13. The molecule has 0 radical (unpaired) electrons. The molecule has 0 aliphatic heterocycles. The molecular weight excluding hydrogens is 430 g/mol. The van der Waals surface area contributed by atoms with E-state index in [1.807, 2.05) is 0 Å². The summed E-state index contributed by atoms with van der Waals surface area (Å²) in [7, 11) is 0. The van der Waals surface area contributed by atoms with Gasteiger partial charge in [-0.1, -0.05) is 36.5 Å². The SMILES string of the molecule is O=C(NCCc1ccc(Cl)cc1)N(S)c1cc(C(F)(F)F)cc(C(F)(F)F)c1. The predicted octanol–water partition coefficient (Wildman–Crippen LogP) is 5.98. The molecule has 0 bridgehead atoms. The van der Waals surface area contributed by atoms with Gasteiger partial charge in [-0.25, -0.2) is 9.10 Å². The number of carbonyl (C=O) groups is 1. The minimum absolute atomic E-state index is 0.0242. The molecule has 2 aromatic carbocycles. The van der Waals surface area contributed by atoms with Crippen LogP contribution < -0.4 is 9.62 Å². The summed E-state index contributed by atoms with van der Waals surface area (Å²) in [5.74, 6) is 0. The molecule has 3 nitrogen and oxygen atoms in total. The van der Waals surface area contributed by atoms with Crippen LogP contribution in [-0.2, 0) is 18.8 Å². The van der Waals surface area contributed by atoms with Gasteiger partial charge in [-0.3, -0.25) is 0 Å². The summed E-state index contributed by atoms with van der Waals surface area (Å²) in [5, 5.41) is 2.90. The van der Waals surface area contributed by atoms with Gasteiger partial charge in [0.15, 0.2) is 0 Å². The van der Waals surface area contributed by atoms with Crippen molar-refractivity contribution in [3.05, 3.63) is 64.2 Å². The van der Waals surface area contributed by atoms with Crippen LogP contribution in [0.1, 0.15) is 16.7 Å². The number of benzene rings is 2. The molecule has 2 aromatic rings. The van der Waals surface area contributed by atoms with Gasteiger partial charge in [-0.15, -0.1) is 0 Å². The van der Waals surface area contributed by atoms with E-state index in [0.717, 1.165) is 5.56 Å². The molecule has 0 aliphatic carbocycles. The van der Waals surface area contributed by atoms with E-state index in [9.17, 15) is 31.1 Å². The molecular formula is C17H13ClF6N2OS. The number of hydrogen-bond acceptors (Lipinski definition) is 2. The summed E-state index contributed by atoms with van der Waals surface area (Å²) >= 11 is 9.49.